The van der Waals surface area contributed by atoms with Crippen LogP contribution in [0, 0.1) is 6.92 Å². The van der Waals surface area contributed by atoms with E-state index in [0.717, 1.165) is 16.8 Å². The standard InChI is InChI=1S/C14H16ClN3O2/c1-9-12(14(15)18(2)17-9)8-20-13(19)7-10-4-3-5-11(16)6-10/h3-6H,7-8,16H2,1-2H3. The first-order chi connectivity index (χ1) is 9.47. The number of benzene rings is 1. The lowest BCUT2D eigenvalue weighted by Crippen LogP contribution is -2.08. The Morgan fingerprint density at radius 2 is 2.25 bits per heavy atom. The van der Waals surface area contributed by atoms with Crippen LogP contribution in [0.15, 0.2) is 24.3 Å². The fourth-order valence-corrected chi connectivity index (χ4v) is 2.14. The van der Waals surface area contributed by atoms with Gasteiger partial charge in [0.15, 0.2) is 0 Å². The van der Waals surface area contributed by atoms with Crippen LogP contribution in [-0.4, -0.2) is 15.7 Å². The molecule has 0 radical (unpaired) electrons. The zero-order valence-corrected chi connectivity index (χ0v) is 12.1. The number of carbonyl (C=O) groups is 1. The first kappa shape index (κ1) is 14.4. The van der Waals surface area contributed by atoms with Crippen LogP contribution < -0.4 is 5.73 Å². The van der Waals surface area contributed by atoms with Crippen molar-refractivity contribution in [3.63, 3.8) is 0 Å². The molecule has 20 heavy (non-hydrogen) atoms. The molecule has 0 bridgehead atoms. The molecule has 1 aromatic carbocycles. The van der Waals surface area contributed by atoms with Crippen molar-refractivity contribution in [3.05, 3.63) is 46.2 Å². The Morgan fingerprint density at radius 3 is 2.85 bits per heavy atom. The van der Waals surface area contributed by atoms with Crippen molar-refractivity contribution >= 4 is 23.3 Å². The number of aryl methyl sites for hydroxylation is 2. The van der Waals surface area contributed by atoms with Gasteiger partial charge in [-0.15, -0.1) is 0 Å². The number of esters is 1. The molecular formula is C14H16ClN3O2. The van der Waals surface area contributed by atoms with Crippen LogP contribution in [0.5, 0.6) is 0 Å². The maximum Gasteiger partial charge on any atom is 0.310 e. The molecule has 0 saturated carbocycles. The molecule has 0 aliphatic carbocycles. The minimum absolute atomic E-state index is 0.125. The molecule has 106 valence electrons. The molecule has 6 heteroatoms. The zero-order valence-electron chi connectivity index (χ0n) is 11.4. The van der Waals surface area contributed by atoms with Crippen molar-refractivity contribution in [2.45, 2.75) is 20.0 Å². The van der Waals surface area contributed by atoms with Crippen LogP contribution in [0.25, 0.3) is 0 Å². The van der Waals surface area contributed by atoms with Crippen molar-refractivity contribution in [1.82, 2.24) is 9.78 Å². The van der Waals surface area contributed by atoms with Crippen molar-refractivity contribution < 1.29 is 9.53 Å². The summed E-state index contributed by atoms with van der Waals surface area (Å²) in [5.74, 6) is -0.324. The van der Waals surface area contributed by atoms with Gasteiger partial charge in [0, 0.05) is 18.3 Å². The molecule has 0 aliphatic rings. The van der Waals surface area contributed by atoms with Gasteiger partial charge in [-0.05, 0) is 24.6 Å². The first-order valence-electron chi connectivity index (χ1n) is 6.15. The number of nitrogens with two attached hydrogens (primary N) is 1. The summed E-state index contributed by atoms with van der Waals surface area (Å²) in [6.07, 6.45) is 0.183. The summed E-state index contributed by atoms with van der Waals surface area (Å²) in [6, 6.07) is 7.16. The fraction of sp³-hybridized carbons (Fsp3) is 0.286. The number of nitrogen functional groups attached to an aromatic ring is 1. The van der Waals surface area contributed by atoms with Gasteiger partial charge in [0.2, 0.25) is 0 Å². The third-order valence-corrected chi connectivity index (χ3v) is 3.42. The Bertz CT molecular complexity index is 637. The summed E-state index contributed by atoms with van der Waals surface area (Å²) < 4.78 is 6.78. The normalized spacial score (nSPS) is 10.6. The molecule has 0 atom stereocenters. The summed E-state index contributed by atoms with van der Waals surface area (Å²) in [4.78, 5) is 11.8. The van der Waals surface area contributed by atoms with Gasteiger partial charge in [-0.25, -0.2) is 0 Å². The molecule has 0 amide bonds. The zero-order chi connectivity index (χ0) is 14.7. The highest BCUT2D eigenvalue weighted by molar-refractivity contribution is 6.30. The molecule has 2 rings (SSSR count). The van der Waals surface area contributed by atoms with Crippen LogP contribution in [-0.2, 0) is 29.6 Å². The van der Waals surface area contributed by atoms with E-state index in [1.54, 1.807) is 29.9 Å². The van der Waals surface area contributed by atoms with E-state index < -0.39 is 0 Å². The van der Waals surface area contributed by atoms with Crippen molar-refractivity contribution in [3.8, 4) is 0 Å². The van der Waals surface area contributed by atoms with Crippen LogP contribution in [0.2, 0.25) is 5.15 Å². The summed E-state index contributed by atoms with van der Waals surface area (Å²) >= 11 is 6.07. The maximum absolute atomic E-state index is 11.8. The number of anilines is 1. The smallest absolute Gasteiger partial charge is 0.310 e. The fourth-order valence-electron chi connectivity index (χ4n) is 1.91. The average molecular weight is 294 g/mol. The predicted molar refractivity (Wildman–Crippen MR) is 77.3 cm³/mol. The van der Waals surface area contributed by atoms with E-state index in [-0.39, 0.29) is 19.0 Å². The highest BCUT2D eigenvalue weighted by Crippen LogP contribution is 2.19. The van der Waals surface area contributed by atoms with E-state index in [1.807, 2.05) is 13.0 Å². The van der Waals surface area contributed by atoms with Gasteiger partial charge in [-0.1, -0.05) is 23.7 Å². The second-order valence-electron chi connectivity index (χ2n) is 4.56. The van der Waals surface area contributed by atoms with Gasteiger partial charge in [-0.3, -0.25) is 9.48 Å². The molecule has 0 saturated heterocycles. The minimum atomic E-state index is -0.324. The van der Waals surface area contributed by atoms with E-state index >= 15 is 0 Å². The molecule has 2 N–H and O–H groups in total. The topological polar surface area (TPSA) is 70.1 Å². The molecule has 0 aliphatic heterocycles. The van der Waals surface area contributed by atoms with Gasteiger partial charge < -0.3 is 10.5 Å². The van der Waals surface area contributed by atoms with Crippen LogP contribution in [0.4, 0.5) is 5.69 Å². The monoisotopic (exact) mass is 293 g/mol. The number of halogens is 1. The Morgan fingerprint density at radius 1 is 1.50 bits per heavy atom. The number of aromatic nitrogens is 2. The summed E-state index contributed by atoms with van der Waals surface area (Å²) in [7, 11) is 1.74. The summed E-state index contributed by atoms with van der Waals surface area (Å²) in [6.45, 7) is 1.95. The van der Waals surface area contributed by atoms with Gasteiger partial charge in [0.1, 0.15) is 11.8 Å². The quantitative estimate of drug-likeness (QED) is 0.693. The van der Waals surface area contributed by atoms with Crippen molar-refractivity contribution in [2.24, 2.45) is 7.05 Å². The van der Waals surface area contributed by atoms with E-state index in [2.05, 4.69) is 5.10 Å². The van der Waals surface area contributed by atoms with Gasteiger partial charge in [-0.2, -0.15) is 5.10 Å². The molecular weight excluding hydrogens is 278 g/mol. The Kier molecular flexibility index (Phi) is 4.29. The SMILES string of the molecule is Cc1nn(C)c(Cl)c1COC(=O)Cc1cccc(N)c1. The molecule has 1 heterocycles. The van der Waals surface area contributed by atoms with Crippen molar-refractivity contribution in [2.75, 3.05) is 5.73 Å². The van der Waals surface area contributed by atoms with E-state index in [9.17, 15) is 4.79 Å². The number of hydrogen-bond donors (Lipinski definition) is 1. The van der Waals surface area contributed by atoms with E-state index in [1.165, 1.54) is 0 Å². The highest BCUT2D eigenvalue weighted by Gasteiger charge is 2.13. The average Bonchev–Trinajstić information content (AvgIpc) is 2.61. The van der Waals surface area contributed by atoms with Gasteiger partial charge in [0.25, 0.3) is 0 Å². The number of nitrogens with zero attached hydrogens (tertiary/aromatic N) is 2. The number of ether oxygens (including phenoxy) is 1. The van der Waals surface area contributed by atoms with Crippen LogP contribution in [0.3, 0.4) is 0 Å². The largest absolute Gasteiger partial charge is 0.460 e. The molecule has 1 aromatic heterocycles. The third-order valence-electron chi connectivity index (χ3n) is 2.95. The number of carbonyl (C=O) groups excluding carboxylic acids is 1. The number of rotatable bonds is 4. The first-order valence-corrected chi connectivity index (χ1v) is 6.53. The Labute approximate surface area is 122 Å². The van der Waals surface area contributed by atoms with Gasteiger partial charge in [0.05, 0.1) is 12.1 Å². The lowest BCUT2D eigenvalue weighted by atomic mass is 10.1. The second-order valence-corrected chi connectivity index (χ2v) is 4.92. The third kappa shape index (κ3) is 3.30. The van der Waals surface area contributed by atoms with E-state index in [4.69, 9.17) is 22.1 Å². The Balaban J connectivity index is 1.96. The second kappa shape index (κ2) is 5.96. The highest BCUT2D eigenvalue weighted by atomic mass is 35.5. The molecule has 0 spiro atoms. The summed E-state index contributed by atoms with van der Waals surface area (Å²) in [5, 5.41) is 4.65. The van der Waals surface area contributed by atoms with Crippen molar-refractivity contribution in [1.29, 1.82) is 0 Å². The molecule has 5 nitrogen and oxygen atoms in total. The lowest BCUT2D eigenvalue weighted by Gasteiger charge is -2.05. The molecule has 2 aromatic rings. The lowest BCUT2D eigenvalue weighted by molar-refractivity contribution is -0.144. The predicted octanol–water partition coefficient (Wildman–Crippen LogP) is 2.25. The molecule has 0 fully saturated rings. The van der Waals surface area contributed by atoms with Crippen LogP contribution >= 0.6 is 11.6 Å². The van der Waals surface area contributed by atoms with E-state index in [0.29, 0.717) is 10.8 Å². The minimum Gasteiger partial charge on any atom is -0.460 e. The Hall–Kier alpha value is -2.01. The molecule has 0 unspecified atom stereocenters. The maximum atomic E-state index is 11.8. The number of hydrogen-bond acceptors (Lipinski definition) is 4. The summed E-state index contributed by atoms with van der Waals surface area (Å²) in [5.41, 5.74) is 8.60. The van der Waals surface area contributed by atoms with Gasteiger partial charge >= 0.3 is 5.97 Å². The van der Waals surface area contributed by atoms with Crippen LogP contribution in [0.1, 0.15) is 16.8 Å².